The monoisotopic (exact) mass is 306 g/mol. The first-order valence-corrected chi connectivity index (χ1v) is 6.68. The summed E-state index contributed by atoms with van der Waals surface area (Å²) in [7, 11) is 2.32. The molecule has 0 aliphatic carbocycles. The highest BCUT2D eigenvalue weighted by Gasteiger charge is 2.42. The summed E-state index contributed by atoms with van der Waals surface area (Å²) in [6.07, 6.45) is -5.12. The van der Waals surface area contributed by atoms with Crippen LogP contribution in [0.3, 0.4) is 0 Å². The zero-order valence-corrected chi connectivity index (χ0v) is 12.3. The Hall–Kier alpha value is -1.22. The number of hydrogen-bond acceptors (Lipinski definition) is 8. The Labute approximate surface area is 122 Å². The molecule has 8 nitrogen and oxygen atoms in total. The fourth-order valence-electron chi connectivity index (χ4n) is 2.32. The summed E-state index contributed by atoms with van der Waals surface area (Å²) in [6, 6.07) is 0. The fourth-order valence-corrected chi connectivity index (χ4v) is 2.32. The molecule has 0 aromatic heterocycles. The molecular formula is C13H22O8. The molecule has 1 heterocycles. The first kappa shape index (κ1) is 17.8. The number of hydrogen-bond donors (Lipinski definition) is 3. The third kappa shape index (κ3) is 4.13. The molecule has 3 N–H and O–H groups in total. The van der Waals surface area contributed by atoms with Crippen LogP contribution in [0.1, 0.15) is 19.8 Å². The minimum atomic E-state index is -1.34. The molecule has 122 valence electrons. The van der Waals surface area contributed by atoms with Gasteiger partial charge in [0.05, 0.1) is 26.4 Å². The van der Waals surface area contributed by atoms with E-state index in [-0.39, 0.29) is 12.8 Å². The molecular weight excluding hydrogens is 284 g/mol. The molecule has 1 fully saturated rings. The molecule has 0 aromatic rings. The Morgan fingerprint density at radius 1 is 1.05 bits per heavy atom. The number of carbonyl (C=O) groups is 2. The number of aliphatic hydroxyl groups excluding tert-OH is 3. The van der Waals surface area contributed by atoms with Crippen LogP contribution < -0.4 is 0 Å². The van der Waals surface area contributed by atoms with Crippen molar-refractivity contribution >= 4 is 11.9 Å². The Morgan fingerprint density at radius 3 is 2.05 bits per heavy atom. The Morgan fingerprint density at radius 2 is 1.57 bits per heavy atom. The van der Waals surface area contributed by atoms with Gasteiger partial charge >= 0.3 is 11.9 Å². The van der Waals surface area contributed by atoms with Gasteiger partial charge in [0.2, 0.25) is 0 Å². The topological polar surface area (TPSA) is 123 Å². The molecule has 0 spiro atoms. The Kier molecular flexibility index (Phi) is 6.53. The van der Waals surface area contributed by atoms with Crippen LogP contribution in [-0.2, 0) is 23.8 Å². The predicted molar refractivity (Wildman–Crippen MR) is 69.1 cm³/mol. The van der Waals surface area contributed by atoms with Crippen molar-refractivity contribution in [1.29, 1.82) is 0 Å². The van der Waals surface area contributed by atoms with E-state index in [1.54, 1.807) is 6.92 Å². The number of ether oxygens (including phenoxy) is 3. The van der Waals surface area contributed by atoms with Crippen LogP contribution in [0.4, 0.5) is 0 Å². The van der Waals surface area contributed by atoms with Gasteiger partial charge < -0.3 is 29.5 Å². The highest BCUT2D eigenvalue weighted by molar-refractivity contribution is 5.94. The van der Waals surface area contributed by atoms with Crippen LogP contribution in [0.5, 0.6) is 0 Å². The molecule has 5 unspecified atom stereocenters. The maximum absolute atomic E-state index is 11.5. The SMILES string of the molecule is COC(=O)C(CCC1OC(C)C(O)C(O)C1O)C(=O)OC. The molecule has 8 heteroatoms. The molecule has 21 heavy (non-hydrogen) atoms. The number of methoxy groups -OCH3 is 2. The van der Waals surface area contributed by atoms with E-state index in [1.807, 2.05) is 0 Å². The van der Waals surface area contributed by atoms with E-state index in [0.717, 1.165) is 14.2 Å². The number of rotatable bonds is 5. The average Bonchev–Trinajstić information content (AvgIpc) is 2.49. The van der Waals surface area contributed by atoms with Gasteiger partial charge in [0.1, 0.15) is 18.3 Å². The second kappa shape index (κ2) is 7.69. The summed E-state index contributed by atoms with van der Waals surface area (Å²) in [5.41, 5.74) is 0. The van der Waals surface area contributed by atoms with Gasteiger partial charge in [-0.3, -0.25) is 9.59 Å². The smallest absolute Gasteiger partial charge is 0.320 e. The first-order chi connectivity index (χ1) is 9.83. The summed E-state index contributed by atoms with van der Waals surface area (Å²) in [5, 5.41) is 29.1. The summed E-state index contributed by atoms with van der Waals surface area (Å²) in [4.78, 5) is 23.1. The first-order valence-electron chi connectivity index (χ1n) is 6.68. The molecule has 5 atom stereocenters. The van der Waals surface area contributed by atoms with Crippen LogP contribution in [0.25, 0.3) is 0 Å². The zero-order chi connectivity index (χ0) is 16.2. The molecule has 1 rings (SSSR count). The van der Waals surface area contributed by atoms with E-state index in [0.29, 0.717) is 0 Å². The van der Waals surface area contributed by atoms with Gasteiger partial charge in [-0.1, -0.05) is 0 Å². The predicted octanol–water partition coefficient (Wildman–Crippen LogP) is -1.40. The number of aliphatic hydroxyl groups is 3. The standard InChI is InChI=1S/C13H22O8/c1-6-9(14)11(16)10(15)8(21-6)5-4-7(12(17)19-2)13(18)20-3/h6-11,14-16H,4-5H2,1-3H3. The van der Waals surface area contributed by atoms with E-state index >= 15 is 0 Å². The fraction of sp³-hybridized carbons (Fsp3) is 0.846. The normalized spacial score (nSPS) is 32.8. The second-order valence-electron chi connectivity index (χ2n) is 5.03. The third-order valence-corrected chi connectivity index (χ3v) is 3.66. The highest BCUT2D eigenvalue weighted by atomic mass is 16.5. The van der Waals surface area contributed by atoms with E-state index < -0.39 is 48.4 Å². The van der Waals surface area contributed by atoms with Gasteiger partial charge in [0.25, 0.3) is 0 Å². The molecule has 0 amide bonds. The largest absolute Gasteiger partial charge is 0.468 e. The summed E-state index contributed by atoms with van der Waals surface area (Å²) in [5.74, 6) is -2.59. The quantitative estimate of drug-likeness (QED) is 0.418. The molecule has 0 bridgehead atoms. The molecule has 0 aromatic carbocycles. The molecule has 1 aliphatic heterocycles. The van der Waals surface area contributed by atoms with Gasteiger partial charge in [0, 0.05) is 0 Å². The van der Waals surface area contributed by atoms with E-state index in [9.17, 15) is 24.9 Å². The molecule has 1 saturated heterocycles. The Balaban J connectivity index is 2.67. The lowest BCUT2D eigenvalue weighted by atomic mass is 9.91. The maximum atomic E-state index is 11.5. The van der Waals surface area contributed by atoms with Crippen molar-refractivity contribution in [1.82, 2.24) is 0 Å². The van der Waals surface area contributed by atoms with E-state index in [4.69, 9.17) is 4.74 Å². The van der Waals surface area contributed by atoms with Gasteiger partial charge in [-0.2, -0.15) is 0 Å². The minimum Gasteiger partial charge on any atom is -0.468 e. The van der Waals surface area contributed by atoms with Gasteiger partial charge in [-0.15, -0.1) is 0 Å². The maximum Gasteiger partial charge on any atom is 0.320 e. The van der Waals surface area contributed by atoms with Crippen LogP contribution in [0.15, 0.2) is 0 Å². The van der Waals surface area contributed by atoms with Crippen molar-refractivity contribution in [2.24, 2.45) is 5.92 Å². The van der Waals surface area contributed by atoms with Crippen molar-refractivity contribution in [3.63, 3.8) is 0 Å². The summed E-state index contributed by atoms with van der Waals surface area (Å²) < 4.78 is 14.5. The zero-order valence-electron chi connectivity index (χ0n) is 12.3. The molecule has 0 saturated carbocycles. The van der Waals surface area contributed by atoms with Crippen molar-refractivity contribution < 1.29 is 39.1 Å². The lowest BCUT2D eigenvalue weighted by molar-refractivity contribution is -0.219. The van der Waals surface area contributed by atoms with Gasteiger partial charge in [-0.05, 0) is 19.8 Å². The van der Waals surface area contributed by atoms with Crippen molar-refractivity contribution in [2.45, 2.75) is 50.3 Å². The molecule has 0 radical (unpaired) electrons. The lowest BCUT2D eigenvalue weighted by Gasteiger charge is -2.39. The van der Waals surface area contributed by atoms with Crippen LogP contribution in [0, 0.1) is 5.92 Å². The number of esters is 2. The van der Waals surface area contributed by atoms with E-state index in [2.05, 4.69) is 9.47 Å². The molecule has 1 aliphatic rings. The number of carbonyl (C=O) groups excluding carboxylic acids is 2. The van der Waals surface area contributed by atoms with Crippen LogP contribution in [0.2, 0.25) is 0 Å². The average molecular weight is 306 g/mol. The Bertz CT molecular complexity index is 355. The minimum absolute atomic E-state index is 0.0383. The summed E-state index contributed by atoms with van der Waals surface area (Å²) in [6.45, 7) is 1.56. The van der Waals surface area contributed by atoms with Crippen molar-refractivity contribution in [3.05, 3.63) is 0 Å². The van der Waals surface area contributed by atoms with Gasteiger partial charge in [0.15, 0.2) is 5.92 Å². The van der Waals surface area contributed by atoms with Crippen molar-refractivity contribution in [3.8, 4) is 0 Å². The third-order valence-electron chi connectivity index (χ3n) is 3.66. The van der Waals surface area contributed by atoms with Crippen LogP contribution >= 0.6 is 0 Å². The summed E-state index contributed by atoms with van der Waals surface area (Å²) >= 11 is 0. The van der Waals surface area contributed by atoms with Crippen molar-refractivity contribution in [2.75, 3.05) is 14.2 Å². The highest BCUT2D eigenvalue weighted by Crippen LogP contribution is 2.25. The second-order valence-corrected chi connectivity index (χ2v) is 5.03. The van der Waals surface area contributed by atoms with Gasteiger partial charge in [-0.25, -0.2) is 0 Å². The lowest BCUT2D eigenvalue weighted by Crippen LogP contribution is -2.56. The van der Waals surface area contributed by atoms with E-state index in [1.165, 1.54) is 0 Å². The van der Waals surface area contributed by atoms with Crippen LogP contribution in [-0.4, -0.2) is 72.0 Å².